The molecule has 0 heterocycles. The fourth-order valence-corrected chi connectivity index (χ4v) is 5.12. The van der Waals surface area contributed by atoms with Crippen LogP contribution in [0.4, 0.5) is 0 Å². The topological polar surface area (TPSA) is 16.6 Å². The maximum absolute atomic E-state index is 2.61. The first-order chi connectivity index (χ1) is 16.9. The van der Waals surface area contributed by atoms with Gasteiger partial charge >= 0.3 is 0 Å². The van der Waals surface area contributed by atoms with Crippen molar-refractivity contribution in [2.45, 2.75) is 129 Å². The first-order valence-electron chi connectivity index (χ1n) is 14.8. The van der Waals surface area contributed by atoms with Gasteiger partial charge in [-0.05, 0) is 24.0 Å². The van der Waals surface area contributed by atoms with Crippen LogP contribution in [-0.4, -0.2) is 12.6 Å². The molecule has 0 amide bonds. The molecular formula is C33H54ClN. The van der Waals surface area contributed by atoms with E-state index in [-0.39, 0.29) is 12.4 Å². The van der Waals surface area contributed by atoms with E-state index in [9.17, 15) is 0 Å². The minimum absolute atomic E-state index is 0. The number of hydrogen-bond donors (Lipinski definition) is 1. The first-order valence-corrected chi connectivity index (χ1v) is 14.8. The summed E-state index contributed by atoms with van der Waals surface area (Å²) in [5.74, 6) is 0. The van der Waals surface area contributed by atoms with Crippen LogP contribution >= 0.6 is 0 Å². The summed E-state index contributed by atoms with van der Waals surface area (Å²) in [6, 6.07) is 22.7. The summed E-state index contributed by atoms with van der Waals surface area (Å²) in [6.45, 7) is 3.57. The molecule has 0 radical (unpaired) electrons. The third-order valence-corrected chi connectivity index (χ3v) is 7.24. The van der Waals surface area contributed by atoms with Crippen LogP contribution in [0.2, 0.25) is 0 Å². The Bertz CT molecular complexity index is 631. The predicted octanol–water partition coefficient (Wildman–Crippen LogP) is 5.67. The van der Waals surface area contributed by atoms with Crippen LogP contribution in [0.1, 0.15) is 121 Å². The molecule has 0 saturated carbocycles. The van der Waals surface area contributed by atoms with E-state index >= 15 is 0 Å². The molecule has 0 aliphatic rings. The smallest absolute Gasteiger partial charge is 0.0940 e. The number of nitrogens with two attached hydrogens (primary N) is 1. The Balaban J connectivity index is 0.00000612. The normalized spacial score (nSPS) is 11.0. The van der Waals surface area contributed by atoms with Crippen molar-refractivity contribution in [2.75, 3.05) is 6.54 Å². The summed E-state index contributed by atoms with van der Waals surface area (Å²) in [7, 11) is 0. The zero-order valence-electron chi connectivity index (χ0n) is 22.7. The second-order valence-electron chi connectivity index (χ2n) is 10.5. The summed E-state index contributed by atoms with van der Waals surface area (Å²) < 4.78 is 0. The first kappa shape index (κ1) is 31.7. The second kappa shape index (κ2) is 23.1. The number of halogens is 1. The summed E-state index contributed by atoms with van der Waals surface area (Å²) >= 11 is 0. The van der Waals surface area contributed by atoms with Crippen LogP contribution in [0, 0.1) is 0 Å². The van der Waals surface area contributed by atoms with Crippen molar-refractivity contribution in [1.29, 1.82) is 0 Å². The highest BCUT2D eigenvalue weighted by molar-refractivity contribution is 5.18. The molecule has 0 bridgehead atoms. The van der Waals surface area contributed by atoms with E-state index in [2.05, 4.69) is 72.9 Å². The van der Waals surface area contributed by atoms with E-state index in [0.29, 0.717) is 6.04 Å². The summed E-state index contributed by atoms with van der Waals surface area (Å²) in [5, 5.41) is 2.61. The van der Waals surface area contributed by atoms with Gasteiger partial charge in [-0.2, -0.15) is 0 Å². The maximum atomic E-state index is 2.61. The lowest BCUT2D eigenvalue weighted by molar-refractivity contribution is -0.689. The van der Waals surface area contributed by atoms with Gasteiger partial charge in [0.05, 0.1) is 12.6 Å². The Labute approximate surface area is 224 Å². The number of benzene rings is 2. The molecule has 198 valence electrons. The molecule has 2 heteroatoms. The van der Waals surface area contributed by atoms with Gasteiger partial charge in [-0.1, -0.05) is 157 Å². The molecule has 2 aromatic carbocycles. The molecule has 0 atom stereocenters. The van der Waals surface area contributed by atoms with Crippen LogP contribution in [0.5, 0.6) is 0 Å². The quantitative estimate of drug-likeness (QED) is 0.201. The van der Waals surface area contributed by atoms with Gasteiger partial charge in [0, 0.05) is 12.8 Å². The zero-order valence-corrected chi connectivity index (χ0v) is 23.5. The molecule has 0 fully saturated rings. The van der Waals surface area contributed by atoms with Crippen molar-refractivity contribution >= 4 is 0 Å². The molecule has 1 nitrogen and oxygen atoms in total. The molecule has 35 heavy (non-hydrogen) atoms. The van der Waals surface area contributed by atoms with Crippen LogP contribution in [0.25, 0.3) is 0 Å². The Hall–Kier alpha value is -1.31. The van der Waals surface area contributed by atoms with Crippen molar-refractivity contribution in [2.24, 2.45) is 0 Å². The van der Waals surface area contributed by atoms with E-state index in [1.807, 2.05) is 0 Å². The van der Waals surface area contributed by atoms with Crippen molar-refractivity contribution in [3.63, 3.8) is 0 Å². The summed E-state index contributed by atoms with van der Waals surface area (Å²) in [5.41, 5.74) is 2.93. The maximum Gasteiger partial charge on any atom is 0.0940 e. The summed E-state index contributed by atoms with van der Waals surface area (Å²) in [4.78, 5) is 0. The lowest BCUT2D eigenvalue weighted by Crippen LogP contribution is -3.00. The van der Waals surface area contributed by atoms with Crippen LogP contribution in [-0.2, 0) is 12.8 Å². The van der Waals surface area contributed by atoms with Crippen LogP contribution in [0.15, 0.2) is 60.7 Å². The SMILES string of the molecule is CCCCCCCCCCCCCCCCCC[NH2+]C(Cc1ccccc1)Cc1ccccc1.[Cl-]. The molecule has 0 unspecified atom stereocenters. The largest absolute Gasteiger partial charge is 1.00 e. The second-order valence-corrected chi connectivity index (χ2v) is 10.5. The molecule has 2 rings (SSSR count). The standard InChI is InChI=1S/C33H53N.ClH/c1-2-3-4-5-6-7-8-9-10-11-12-13-14-15-16-23-28-34-33(29-31-24-19-17-20-25-31)30-32-26-21-18-22-27-32;/h17-22,24-27,33-34H,2-16,23,28-30H2,1H3;1H. The minimum Gasteiger partial charge on any atom is -1.00 e. The molecule has 0 saturated heterocycles. The van der Waals surface area contributed by atoms with Gasteiger partial charge in [0.25, 0.3) is 0 Å². The number of unbranched alkanes of at least 4 members (excludes halogenated alkanes) is 15. The fourth-order valence-electron chi connectivity index (χ4n) is 5.12. The van der Waals surface area contributed by atoms with Gasteiger partial charge in [-0.15, -0.1) is 0 Å². The monoisotopic (exact) mass is 499 g/mol. The fraction of sp³-hybridized carbons (Fsp3) is 0.636. The van der Waals surface area contributed by atoms with E-state index in [1.54, 1.807) is 0 Å². The predicted molar refractivity (Wildman–Crippen MR) is 150 cm³/mol. The molecular weight excluding hydrogens is 446 g/mol. The highest BCUT2D eigenvalue weighted by Gasteiger charge is 2.13. The highest BCUT2D eigenvalue weighted by Crippen LogP contribution is 2.13. The Kier molecular flexibility index (Phi) is 20.9. The number of rotatable bonds is 22. The lowest BCUT2D eigenvalue weighted by atomic mass is 9.98. The third kappa shape index (κ3) is 17.7. The summed E-state index contributed by atoms with van der Waals surface area (Å²) in [6.07, 6.45) is 25.4. The van der Waals surface area contributed by atoms with E-state index in [1.165, 1.54) is 120 Å². The van der Waals surface area contributed by atoms with E-state index in [4.69, 9.17) is 0 Å². The average molecular weight is 500 g/mol. The molecule has 0 aromatic heterocycles. The number of hydrogen-bond acceptors (Lipinski definition) is 0. The van der Waals surface area contributed by atoms with E-state index < -0.39 is 0 Å². The van der Waals surface area contributed by atoms with Gasteiger partial charge in [0.1, 0.15) is 0 Å². The van der Waals surface area contributed by atoms with Crippen LogP contribution < -0.4 is 17.7 Å². The van der Waals surface area contributed by atoms with Gasteiger partial charge in [-0.3, -0.25) is 0 Å². The van der Waals surface area contributed by atoms with Gasteiger partial charge in [0.2, 0.25) is 0 Å². The number of quaternary nitrogens is 1. The van der Waals surface area contributed by atoms with Crippen molar-refractivity contribution in [3.05, 3.63) is 71.8 Å². The van der Waals surface area contributed by atoms with E-state index in [0.717, 1.165) is 12.8 Å². The molecule has 0 spiro atoms. The van der Waals surface area contributed by atoms with Crippen molar-refractivity contribution in [1.82, 2.24) is 0 Å². The van der Waals surface area contributed by atoms with Crippen molar-refractivity contribution in [3.8, 4) is 0 Å². The highest BCUT2D eigenvalue weighted by atomic mass is 35.5. The lowest BCUT2D eigenvalue weighted by Gasteiger charge is -2.16. The Morgan fingerprint density at radius 1 is 0.486 bits per heavy atom. The van der Waals surface area contributed by atoms with Crippen LogP contribution in [0.3, 0.4) is 0 Å². The molecule has 2 N–H and O–H groups in total. The average Bonchev–Trinajstić information content (AvgIpc) is 2.87. The zero-order chi connectivity index (χ0) is 23.9. The van der Waals surface area contributed by atoms with Gasteiger partial charge in [-0.25, -0.2) is 0 Å². The Morgan fingerprint density at radius 2 is 0.829 bits per heavy atom. The Morgan fingerprint density at radius 3 is 1.20 bits per heavy atom. The molecule has 0 aliphatic carbocycles. The molecule has 0 aliphatic heterocycles. The molecule has 2 aromatic rings. The van der Waals surface area contributed by atoms with Gasteiger partial charge < -0.3 is 17.7 Å². The van der Waals surface area contributed by atoms with Gasteiger partial charge in [0.15, 0.2) is 0 Å². The third-order valence-electron chi connectivity index (χ3n) is 7.24. The minimum atomic E-state index is 0. The van der Waals surface area contributed by atoms with Crippen molar-refractivity contribution < 1.29 is 17.7 Å².